The van der Waals surface area contributed by atoms with Crippen molar-refractivity contribution in [3.05, 3.63) is 21.9 Å². The molecule has 1 aromatic rings. The lowest BCUT2D eigenvalue weighted by Crippen LogP contribution is -2.25. The number of carbonyl (C=O) groups excluding carboxylic acids is 1. The Bertz CT molecular complexity index is 470. The summed E-state index contributed by atoms with van der Waals surface area (Å²) in [6.07, 6.45) is 4.36. The van der Waals surface area contributed by atoms with E-state index >= 15 is 0 Å². The van der Waals surface area contributed by atoms with Crippen molar-refractivity contribution >= 4 is 17.2 Å². The second-order valence-electron chi connectivity index (χ2n) is 4.80. The summed E-state index contributed by atoms with van der Waals surface area (Å²) in [6, 6.07) is 2.02. The molecule has 0 bridgehead atoms. The van der Waals surface area contributed by atoms with E-state index in [-0.39, 0.29) is 12.5 Å². The van der Waals surface area contributed by atoms with Gasteiger partial charge in [-0.15, -0.1) is 11.3 Å². The summed E-state index contributed by atoms with van der Waals surface area (Å²) in [5.41, 5.74) is 1.12. The molecule has 3 nitrogen and oxygen atoms in total. The highest BCUT2D eigenvalue weighted by Gasteiger charge is 2.09. The Morgan fingerprint density at radius 1 is 1.45 bits per heavy atom. The summed E-state index contributed by atoms with van der Waals surface area (Å²) in [7, 11) is 1.85. The first-order chi connectivity index (χ1) is 9.67. The molecular weight excluding hydrogens is 270 g/mol. The SMILES string of the molecule is CCCCCC(=O)N(C)Cc1csc(C#CCCO)c1. The van der Waals surface area contributed by atoms with E-state index in [4.69, 9.17) is 5.11 Å². The lowest BCUT2D eigenvalue weighted by atomic mass is 10.2. The van der Waals surface area contributed by atoms with Crippen LogP contribution in [0.1, 0.15) is 49.5 Å². The first kappa shape index (κ1) is 16.7. The normalized spacial score (nSPS) is 9.95. The van der Waals surface area contributed by atoms with E-state index in [1.165, 1.54) is 0 Å². The lowest BCUT2D eigenvalue weighted by Gasteiger charge is -2.16. The first-order valence-corrected chi connectivity index (χ1v) is 7.96. The van der Waals surface area contributed by atoms with Gasteiger partial charge in [-0.25, -0.2) is 0 Å². The summed E-state index contributed by atoms with van der Waals surface area (Å²) >= 11 is 1.58. The summed E-state index contributed by atoms with van der Waals surface area (Å²) in [6.45, 7) is 2.88. The maximum absolute atomic E-state index is 11.9. The first-order valence-electron chi connectivity index (χ1n) is 7.08. The van der Waals surface area contributed by atoms with E-state index in [2.05, 4.69) is 18.8 Å². The van der Waals surface area contributed by atoms with E-state index in [0.29, 0.717) is 19.4 Å². The maximum atomic E-state index is 11.9. The molecule has 0 saturated heterocycles. The van der Waals surface area contributed by atoms with Gasteiger partial charge in [0.2, 0.25) is 5.91 Å². The molecule has 0 aromatic carbocycles. The molecule has 1 heterocycles. The zero-order valence-electron chi connectivity index (χ0n) is 12.3. The fourth-order valence-corrected chi connectivity index (χ4v) is 2.58. The van der Waals surface area contributed by atoms with Gasteiger partial charge in [0.1, 0.15) is 0 Å². The fraction of sp³-hybridized carbons (Fsp3) is 0.562. The second-order valence-corrected chi connectivity index (χ2v) is 5.71. The maximum Gasteiger partial charge on any atom is 0.222 e. The van der Waals surface area contributed by atoms with Gasteiger partial charge < -0.3 is 10.0 Å². The zero-order chi connectivity index (χ0) is 14.8. The van der Waals surface area contributed by atoms with Crippen LogP contribution in [0.2, 0.25) is 0 Å². The second kappa shape index (κ2) is 9.57. The predicted molar refractivity (Wildman–Crippen MR) is 83.5 cm³/mol. The number of amides is 1. The van der Waals surface area contributed by atoms with Crippen LogP contribution < -0.4 is 0 Å². The van der Waals surface area contributed by atoms with Crippen LogP contribution in [0.25, 0.3) is 0 Å². The molecule has 0 unspecified atom stereocenters. The van der Waals surface area contributed by atoms with Gasteiger partial charge in [0, 0.05) is 26.4 Å². The Hall–Kier alpha value is -1.31. The highest BCUT2D eigenvalue weighted by Crippen LogP contribution is 2.15. The van der Waals surface area contributed by atoms with Crippen LogP contribution in [0.5, 0.6) is 0 Å². The van der Waals surface area contributed by atoms with E-state index < -0.39 is 0 Å². The average Bonchev–Trinajstić information content (AvgIpc) is 2.86. The topological polar surface area (TPSA) is 40.5 Å². The molecule has 0 fully saturated rings. The zero-order valence-corrected chi connectivity index (χ0v) is 13.1. The standard InChI is InChI=1S/C16H23NO2S/c1-3-4-5-9-16(19)17(2)12-14-11-15(20-13-14)8-6-7-10-18/h11,13,18H,3-5,7,9-10,12H2,1-2H3. The Morgan fingerprint density at radius 3 is 2.95 bits per heavy atom. The summed E-state index contributed by atoms with van der Waals surface area (Å²) in [5.74, 6) is 6.13. The molecule has 1 aromatic heterocycles. The van der Waals surface area contributed by atoms with Crippen LogP contribution in [0.15, 0.2) is 11.4 Å². The van der Waals surface area contributed by atoms with Crippen molar-refractivity contribution in [2.24, 2.45) is 0 Å². The molecule has 110 valence electrons. The van der Waals surface area contributed by atoms with Crippen LogP contribution in [-0.2, 0) is 11.3 Å². The molecule has 0 aliphatic rings. The molecule has 0 radical (unpaired) electrons. The lowest BCUT2D eigenvalue weighted by molar-refractivity contribution is -0.130. The number of thiophene rings is 1. The monoisotopic (exact) mass is 293 g/mol. The number of unbranched alkanes of at least 4 members (excludes halogenated alkanes) is 2. The Balaban J connectivity index is 2.44. The minimum Gasteiger partial charge on any atom is -0.395 e. The average molecular weight is 293 g/mol. The van der Waals surface area contributed by atoms with Crippen LogP contribution in [-0.4, -0.2) is 29.6 Å². The smallest absolute Gasteiger partial charge is 0.222 e. The highest BCUT2D eigenvalue weighted by molar-refractivity contribution is 7.10. The number of carbonyl (C=O) groups is 1. The van der Waals surface area contributed by atoms with Gasteiger partial charge in [-0.1, -0.05) is 31.6 Å². The number of hydrogen-bond donors (Lipinski definition) is 1. The van der Waals surface area contributed by atoms with E-state index in [9.17, 15) is 4.79 Å². The van der Waals surface area contributed by atoms with Crippen LogP contribution in [0, 0.1) is 11.8 Å². The van der Waals surface area contributed by atoms with Crippen LogP contribution in [0.4, 0.5) is 0 Å². The minimum absolute atomic E-state index is 0.0975. The third-order valence-electron chi connectivity index (χ3n) is 2.94. The summed E-state index contributed by atoms with van der Waals surface area (Å²) < 4.78 is 0. The number of hydrogen-bond acceptors (Lipinski definition) is 3. The van der Waals surface area contributed by atoms with Crippen molar-refractivity contribution in [1.82, 2.24) is 4.90 Å². The molecular formula is C16H23NO2S. The van der Waals surface area contributed by atoms with Gasteiger partial charge in [-0.3, -0.25) is 4.79 Å². The Kier molecular flexibility index (Phi) is 8.01. The largest absolute Gasteiger partial charge is 0.395 e. The molecule has 0 saturated carbocycles. The fourth-order valence-electron chi connectivity index (χ4n) is 1.81. The van der Waals surface area contributed by atoms with Crippen LogP contribution >= 0.6 is 11.3 Å². The molecule has 0 spiro atoms. The third kappa shape index (κ3) is 6.23. The third-order valence-corrected chi connectivity index (χ3v) is 3.84. The molecule has 1 amide bonds. The number of nitrogens with zero attached hydrogens (tertiary/aromatic N) is 1. The van der Waals surface area contributed by atoms with Crippen molar-refractivity contribution < 1.29 is 9.90 Å². The molecule has 1 rings (SSSR count). The van der Waals surface area contributed by atoms with Crippen molar-refractivity contribution in [2.75, 3.05) is 13.7 Å². The van der Waals surface area contributed by atoms with Gasteiger partial charge in [0.25, 0.3) is 0 Å². The minimum atomic E-state index is 0.0975. The summed E-state index contributed by atoms with van der Waals surface area (Å²) in [5, 5.41) is 10.7. The van der Waals surface area contributed by atoms with E-state index in [1.807, 2.05) is 18.5 Å². The Morgan fingerprint density at radius 2 is 2.25 bits per heavy atom. The van der Waals surface area contributed by atoms with Gasteiger partial charge >= 0.3 is 0 Å². The molecule has 4 heteroatoms. The summed E-state index contributed by atoms with van der Waals surface area (Å²) in [4.78, 5) is 14.7. The van der Waals surface area contributed by atoms with Crippen LogP contribution in [0.3, 0.4) is 0 Å². The molecule has 0 aliphatic heterocycles. The predicted octanol–water partition coefficient (Wildman–Crippen LogP) is 3.02. The van der Waals surface area contributed by atoms with Crippen molar-refractivity contribution in [1.29, 1.82) is 0 Å². The molecule has 0 aliphatic carbocycles. The molecule has 20 heavy (non-hydrogen) atoms. The quantitative estimate of drug-likeness (QED) is 0.620. The van der Waals surface area contributed by atoms with Gasteiger partial charge in [0.05, 0.1) is 11.5 Å². The molecule has 1 N–H and O–H groups in total. The van der Waals surface area contributed by atoms with Gasteiger partial charge in [0.15, 0.2) is 0 Å². The number of rotatable bonds is 7. The van der Waals surface area contributed by atoms with Crippen molar-refractivity contribution in [3.63, 3.8) is 0 Å². The van der Waals surface area contributed by atoms with Gasteiger partial charge in [-0.05, 0) is 23.4 Å². The van der Waals surface area contributed by atoms with E-state index in [1.54, 1.807) is 16.2 Å². The molecule has 0 atom stereocenters. The van der Waals surface area contributed by atoms with Gasteiger partial charge in [-0.2, -0.15) is 0 Å². The Labute approximate surface area is 125 Å². The number of aliphatic hydroxyl groups excluding tert-OH is 1. The highest BCUT2D eigenvalue weighted by atomic mass is 32.1. The van der Waals surface area contributed by atoms with Crippen molar-refractivity contribution in [3.8, 4) is 11.8 Å². The van der Waals surface area contributed by atoms with Crippen molar-refractivity contribution in [2.45, 2.75) is 45.6 Å². The van der Waals surface area contributed by atoms with E-state index in [0.717, 1.165) is 29.7 Å². The number of aliphatic hydroxyl groups is 1.